The maximum atomic E-state index is 12.7. The van der Waals surface area contributed by atoms with Crippen molar-refractivity contribution in [3.8, 4) is 0 Å². The van der Waals surface area contributed by atoms with Crippen LogP contribution in [-0.2, 0) is 32.9 Å². The summed E-state index contributed by atoms with van der Waals surface area (Å²) in [5.41, 5.74) is 0. The lowest BCUT2D eigenvalue weighted by atomic mass is 9.87. The maximum Gasteiger partial charge on any atom is 0.469 e. The van der Waals surface area contributed by atoms with E-state index in [0.29, 0.717) is 25.7 Å². The molecule has 51 heavy (non-hydrogen) atoms. The summed E-state index contributed by atoms with van der Waals surface area (Å²) in [4.78, 5) is 55.6. The number of hydrogen-bond donors (Lipinski definition) is 5. The van der Waals surface area contributed by atoms with Crippen LogP contribution in [0.4, 0.5) is 0 Å². The summed E-state index contributed by atoms with van der Waals surface area (Å²) in [5.74, 6) is -2.15. The van der Waals surface area contributed by atoms with Crippen molar-refractivity contribution in [1.82, 2.24) is 0 Å². The number of carbonyl (C=O) groups is 3. The Hall–Kier alpha value is -1.66. The van der Waals surface area contributed by atoms with Gasteiger partial charge in [0.25, 0.3) is 0 Å². The van der Waals surface area contributed by atoms with Crippen molar-refractivity contribution in [2.75, 3.05) is 13.2 Å². The molecule has 0 heterocycles. The molecule has 1 aliphatic carbocycles. The van der Waals surface area contributed by atoms with Gasteiger partial charge in [-0.05, 0) is 25.7 Å². The highest BCUT2D eigenvalue weighted by Gasteiger charge is 2.41. The van der Waals surface area contributed by atoms with E-state index >= 15 is 0 Å². The van der Waals surface area contributed by atoms with Crippen LogP contribution >= 0.6 is 7.82 Å². The number of phosphoric ester groups is 1. The number of esters is 2. The number of unbranched alkanes of at least 4 members (excludes halogenated alkanes) is 14. The van der Waals surface area contributed by atoms with Crippen molar-refractivity contribution in [3.05, 3.63) is 12.2 Å². The quantitative estimate of drug-likeness (QED) is 0.0204. The van der Waals surface area contributed by atoms with Crippen LogP contribution in [0.15, 0.2) is 12.2 Å². The van der Waals surface area contributed by atoms with E-state index in [-0.39, 0.29) is 37.9 Å². The van der Waals surface area contributed by atoms with E-state index < -0.39 is 69.2 Å². The van der Waals surface area contributed by atoms with Crippen LogP contribution < -0.4 is 0 Å². The zero-order valence-corrected chi connectivity index (χ0v) is 32.2. The number of aliphatic hydroxyl groups excluding tert-OH is 3. The molecule has 12 nitrogen and oxygen atoms in total. The van der Waals surface area contributed by atoms with Gasteiger partial charge in [-0.2, -0.15) is 0 Å². The summed E-state index contributed by atoms with van der Waals surface area (Å²) in [6.45, 7) is 3.24. The Bertz CT molecular complexity index is 1010. The van der Waals surface area contributed by atoms with Crippen LogP contribution in [0, 0.1) is 11.8 Å². The van der Waals surface area contributed by atoms with Crippen LogP contribution in [-0.4, -0.2) is 80.5 Å². The minimum Gasteiger partial charge on any atom is -0.462 e. The van der Waals surface area contributed by atoms with Gasteiger partial charge < -0.3 is 34.6 Å². The van der Waals surface area contributed by atoms with E-state index in [1.54, 1.807) is 12.2 Å². The van der Waals surface area contributed by atoms with Crippen LogP contribution in [0.1, 0.15) is 162 Å². The first-order chi connectivity index (χ1) is 24.4. The molecule has 0 aliphatic heterocycles. The number of Topliss-reactive ketones (excluding diaryl/α,β-unsaturated/α-hetero) is 1. The van der Waals surface area contributed by atoms with Gasteiger partial charge in [-0.25, -0.2) is 4.57 Å². The molecule has 5 N–H and O–H groups in total. The van der Waals surface area contributed by atoms with Crippen molar-refractivity contribution in [2.24, 2.45) is 11.8 Å². The molecule has 0 radical (unpaired) electrons. The van der Waals surface area contributed by atoms with Crippen LogP contribution in [0.5, 0.6) is 0 Å². The standard InChI is InChI=1S/C38H69O12P/c1-3-5-7-8-9-10-11-12-13-14-15-17-23-38(44)50-32(29-49-51(45,46)47)28-48-37(43)22-19-18-21-31(40)26-34-33(35(41)27-36(34)42)25-24-30(39)20-16-6-4-2/h24-25,30,32-36,39,41-42H,3-23,26-29H2,1-2H3,(H2,45,46,47)/b25-24+/t30-,32+,33+,34+,35+,36-/m0/s1. The minimum atomic E-state index is -4.84. The third-order valence-corrected chi connectivity index (χ3v) is 10.0. The normalized spacial score (nSPS) is 20.5. The van der Waals surface area contributed by atoms with E-state index in [0.717, 1.165) is 38.5 Å². The summed E-state index contributed by atoms with van der Waals surface area (Å²) < 4.78 is 26.2. The highest BCUT2D eigenvalue weighted by Crippen LogP contribution is 2.37. The second-order valence-corrected chi connectivity index (χ2v) is 15.5. The molecule has 0 saturated heterocycles. The fourth-order valence-corrected chi connectivity index (χ4v) is 6.85. The highest BCUT2D eigenvalue weighted by atomic mass is 31.2. The molecule has 1 saturated carbocycles. The van der Waals surface area contributed by atoms with E-state index in [4.69, 9.17) is 19.3 Å². The van der Waals surface area contributed by atoms with Crippen molar-refractivity contribution in [3.63, 3.8) is 0 Å². The van der Waals surface area contributed by atoms with Gasteiger partial charge in [0, 0.05) is 43.9 Å². The van der Waals surface area contributed by atoms with E-state index in [2.05, 4.69) is 18.4 Å². The fraction of sp³-hybridized carbons (Fsp3) is 0.868. The summed E-state index contributed by atoms with van der Waals surface area (Å²) in [6.07, 6.45) is 18.6. The van der Waals surface area contributed by atoms with Gasteiger partial charge in [0.05, 0.1) is 24.9 Å². The maximum absolute atomic E-state index is 12.7. The molecule has 0 aromatic rings. The number of ether oxygens (including phenoxy) is 2. The summed E-state index contributed by atoms with van der Waals surface area (Å²) in [7, 11) is -4.84. The molecule has 0 spiro atoms. The van der Waals surface area contributed by atoms with Gasteiger partial charge in [-0.1, -0.05) is 116 Å². The zero-order valence-electron chi connectivity index (χ0n) is 31.3. The molecule has 0 aromatic heterocycles. The first-order valence-corrected chi connectivity index (χ1v) is 21.2. The number of hydrogen-bond acceptors (Lipinski definition) is 10. The Morgan fingerprint density at radius 1 is 0.725 bits per heavy atom. The third kappa shape index (κ3) is 25.1. The van der Waals surface area contributed by atoms with Gasteiger partial charge >= 0.3 is 19.8 Å². The molecule has 1 aliphatic rings. The lowest BCUT2D eigenvalue weighted by Gasteiger charge is -2.20. The summed E-state index contributed by atoms with van der Waals surface area (Å²) in [6, 6.07) is 0. The Kier molecular flexibility index (Phi) is 26.7. The first-order valence-electron chi connectivity index (χ1n) is 19.7. The van der Waals surface area contributed by atoms with E-state index in [1.807, 2.05) is 0 Å². The predicted molar refractivity (Wildman–Crippen MR) is 196 cm³/mol. The summed E-state index contributed by atoms with van der Waals surface area (Å²) in [5, 5.41) is 31.1. The zero-order chi connectivity index (χ0) is 37.9. The molecule has 13 heteroatoms. The fourth-order valence-electron chi connectivity index (χ4n) is 6.49. The molecule has 298 valence electrons. The average Bonchev–Trinajstić information content (AvgIpc) is 3.34. The molecule has 1 fully saturated rings. The number of aliphatic hydroxyl groups is 3. The second-order valence-electron chi connectivity index (χ2n) is 14.2. The predicted octanol–water partition coefficient (Wildman–Crippen LogP) is 7.02. The van der Waals surface area contributed by atoms with E-state index in [9.17, 15) is 34.3 Å². The topological polar surface area (TPSA) is 197 Å². The van der Waals surface area contributed by atoms with Crippen LogP contribution in [0.25, 0.3) is 0 Å². The number of carbonyl (C=O) groups excluding carboxylic acids is 3. The molecule has 0 aromatic carbocycles. The van der Waals surface area contributed by atoms with Crippen molar-refractivity contribution >= 4 is 25.5 Å². The monoisotopic (exact) mass is 748 g/mol. The second kappa shape index (κ2) is 28.8. The van der Waals surface area contributed by atoms with Crippen LogP contribution in [0.3, 0.4) is 0 Å². The van der Waals surface area contributed by atoms with Crippen LogP contribution in [0.2, 0.25) is 0 Å². The van der Waals surface area contributed by atoms with E-state index in [1.165, 1.54) is 51.4 Å². The minimum absolute atomic E-state index is 0.0157. The molecule has 0 bridgehead atoms. The lowest BCUT2D eigenvalue weighted by molar-refractivity contribution is -0.161. The van der Waals surface area contributed by atoms with Gasteiger partial charge in [-0.3, -0.25) is 18.9 Å². The van der Waals surface area contributed by atoms with Crippen molar-refractivity contribution in [1.29, 1.82) is 0 Å². The van der Waals surface area contributed by atoms with Crippen molar-refractivity contribution < 1.29 is 58.1 Å². The van der Waals surface area contributed by atoms with Gasteiger partial charge in [0.15, 0.2) is 6.10 Å². The largest absolute Gasteiger partial charge is 0.469 e. The lowest BCUT2D eigenvalue weighted by Crippen LogP contribution is -2.29. The van der Waals surface area contributed by atoms with Gasteiger partial charge in [-0.15, -0.1) is 0 Å². The summed E-state index contributed by atoms with van der Waals surface area (Å²) >= 11 is 0. The average molecular weight is 749 g/mol. The van der Waals surface area contributed by atoms with Gasteiger partial charge in [0.1, 0.15) is 12.4 Å². The first kappa shape index (κ1) is 47.4. The van der Waals surface area contributed by atoms with Crippen molar-refractivity contribution in [2.45, 2.75) is 186 Å². The molecular formula is C38H69O12P. The number of phosphoric acid groups is 1. The smallest absolute Gasteiger partial charge is 0.462 e. The molecule has 0 unspecified atom stereocenters. The Labute approximate surface area is 306 Å². The number of ketones is 1. The Balaban J connectivity index is 2.36. The van der Waals surface area contributed by atoms with Gasteiger partial charge in [0.2, 0.25) is 0 Å². The number of rotatable bonds is 32. The molecule has 6 atom stereocenters. The molecular weight excluding hydrogens is 679 g/mol. The Morgan fingerprint density at radius 3 is 1.86 bits per heavy atom. The SMILES string of the molecule is CCCCCCCCCCCCCCC(=O)O[C@H](COC(=O)CCCCC(=O)C[C@@H]1[C@@H](/C=C/[C@@H](O)CCCCC)[C@H](O)C[C@@H]1O)COP(=O)(O)O. The molecule has 1 rings (SSSR count). The third-order valence-electron chi connectivity index (χ3n) is 9.52. The molecule has 0 amide bonds. The Morgan fingerprint density at radius 2 is 1.25 bits per heavy atom. The highest BCUT2D eigenvalue weighted by molar-refractivity contribution is 7.46.